The van der Waals surface area contributed by atoms with Gasteiger partial charge in [0.05, 0.1) is 5.92 Å². The lowest BCUT2D eigenvalue weighted by Crippen LogP contribution is -2.40. The van der Waals surface area contributed by atoms with Crippen LogP contribution in [-0.4, -0.2) is 53.2 Å². The first kappa shape index (κ1) is 17.9. The molecule has 2 fully saturated rings. The third kappa shape index (κ3) is 4.18. The number of carboxylic acids is 1. The topological polar surface area (TPSA) is 79.7 Å². The molecule has 0 aromatic carbocycles. The van der Waals surface area contributed by atoms with Crippen molar-refractivity contribution in [3.63, 3.8) is 0 Å². The van der Waals surface area contributed by atoms with E-state index in [1.165, 1.54) is 5.56 Å². The Kier molecular flexibility index (Phi) is 5.68. The number of hydrogen-bond donors (Lipinski definition) is 1. The molecule has 136 valence electrons. The maximum absolute atomic E-state index is 12.5. The molecule has 6 heteroatoms. The maximum atomic E-state index is 12.5. The predicted molar refractivity (Wildman–Crippen MR) is 92.0 cm³/mol. The smallest absolute Gasteiger partial charge is 0.308 e. The fourth-order valence-corrected chi connectivity index (χ4v) is 4.09. The maximum Gasteiger partial charge on any atom is 0.308 e. The summed E-state index contributed by atoms with van der Waals surface area (Å²) in [6, 6.07) is 3.96. The molecule has 1 aromatic rings. The van der Waals surface area contributed by atoms with Crippen LogP contribution in [0.4, 0.5) is 0 Å². The van der Waals surface area contributed by atoms with Crippen LogP contribution in [0.2, 0.25) is 0 Å². The number of carboxylic acid groups (broad SMARTS) is 1. The monoisotopic (exact) mass is 346 g/mol. The van der Waals surface area contributed by atoms with Gasteiger partial charge in [-0.3, -0.25) is 14.6 Å². The second kappa shape index (κ2) is 7.95. The highest BCUT2D eigenvalue weighted by Crippen LogP contribution is 2.44. The second-order valence-electron chi connectivity index (χ2n) is 7.21. The van der Waals surface area contributed by atoms with Gasteiger partial charge in [-0.2, -0.15) is 0 Å². The normalized spacial score (nSPS) is 22.2. The van der Waals surface area contributed by atoms with Gasteiger partial charge in [-0.05, 0) is 43.7 Å². The van der Waals surface area contributed by atoms with Gasteiger partial charge < -0.3 is 14.7 Å². The Balaban J connectivity index is 1.49. The van der Waals surface area contributed by atoms with Crippen molar-refractivity contribution >= 4 is 11.9 Å². The first-order valence-electron chi connectivity index (χ1n) is 9.08. The van der Waals surface area contributed by atoms with Gasteiger partial charge in [0.1, 0.15) is 0 Å². The van der Waals surface area contributed by atoms with E-state index >= 15 is 0 Å². The molecule has 6 nitrogen and oxygen atoms in total. The lowest BCUT2D eigenvalue weighted by Gasteiger charge is -2.36. The van der Waals surface area contributed by atoms with E-state index in [1.54, 1.807) is 11.1 Å². The van der Waals surface area contributed by atoms with Crippen LogP contribution in [-0.2, 0) is 20.7 Å². The van der Waals surface area contributed by atoms with Crippen LogP contribution in [0.25, 0.3) is 0 Å². The van der Waals surface area contributed by atoms with Gasteiger partial charge in [-0.1, -0.05) is 6.07 Å². The van der Waals surface area contributed by atoms with Gasteiger partial charge in [0.25, 0.3) is 0 Å². The second-order valence-corrected chi connectivity index (χ2v) is 7.21. The van der Waals surface area contributed by atoms with Crippen molar-refractivity contribution in [3.05, 3.63) is 30.1 Å². The van der Waals surface area contributed by atoms with E-state index in [9.17, 15) is 14.7 Å². The van der Waals surface area contributed by atoms with E-state index in [0.29, 0.717) is 32.7 Å². The molecule has 1 spiro atoms. The lowest BCUT2D eigenvalue weighted by atomic mass is 9.72. The number of aromatic nitrogens is 1. The highest BCUT2D eigenvalue weighted by Gasteiger charge is 2.51. The molecule has 1 atom stereocenters. The predicted octanol–water partition coefficient (Wildman–Crippen LogP) is 2.13. The van der Waals surface area contributed by atoms with Gasteiger partial charge >= 0.3 is 5.97 Å². The molecule has 0 aliphatic carbocycles. The third-order valence-corrected chi connectivity index (χ3v) is 5.62. The fraction of sp³-hybridized carbons (Fsp3) is 0.632. The molecule has 1 N–H and O–H groups in total. The van der Waals surface area contributed by atoms with Gasteiger partial charge in [-0.15, -0.1) is 0 Å². The molecule has 2 saturated heterocycles. The summed E-state index contributed by atoms with van der Waals surface area (Å²) in [7, 11) is 0. The molecule has 1 amide bonds. The molecule has 0 radical (unpaired) electrons. The van der Waals surface area contributed by atoms with Crippen molar-refractivity contribution in [1.82, 2.24) is 9.88 Å². The summed E-state index contributed by atoms with van der Waals surface area (Å²) in [6.07, 6.45) is 8.23. The molecule has 0 bridgehead atoms. The number of carbonyl (C=O) groups excluding carboxylic acids is 1. The molecule has 2 aliphatic rings. The first-order valence-corrected chi connectivity index (χ1v) is 9.08. The summed E-state index contributed by atoms with van der Waals surface area (Å²) < 4.78 is 5.40. The van der Waals surface area contributed by atoms with Gasteiger partial charge in [-0.25, -0.2) is 0 Å². The molecule has 1 aromatic heterocycles. The Bertz CT molecular complexity index is 599. The number of aliphatic carboxylic acids is 1. The largest absolute Gasteiger partial charge is 0.481 e. The Labute approximate surface area is 148 Å². The summed E-state index contributed by atoms with van der Waals surface area (Å²) in [5.74, 6) is -1.16. The van der Waals surface area contributed by atoms with Crippen LogP contribution < -0.4 is 0 Å². The van der Waals surface area contributed by atoms with Crippen LogP contribution in [0.15, 0.2) is 24.5 Å². The lowest BCUT2D eigenvalue weighted by molar-refractivity contribution is -0.146. The molecule has 0 saturated carbocycles. The molecular weight excluding hydrogens is 320 g/mol. The molecule has 2 aliphatic heterocycles. The number of ether oxygens (including phenoxy) is 1. The molecule has 3 rings (SSSR count). The van der Waals surface area contributed by atoms with E-state index in [4.69, 9.17) is 4.74 Å². The minimum atomic E-state index is -0.784. The first-order chi connectivity index (χ1) is 12.1. The minimum absolute atomic E-state index is 0.0841. The highest BCUT2D eigenvalue weighted by atomic mass is 16.5. The number of unbranched alkanes of at least 4 members (excludes halogenated alkanes) is 1. The summed E-state index contributed by atoms with van der Waals surface area (Å²) in [5.41, 5.74) is 0.887. The molecule has 1 unspecified atom stereocenters. The number of nitrogens with zero attached hydrogens (tertiary/aromatic N) is 2. The number of carbonyl (C=O) groups is 2. The number of hydrogen-bond acceptors (Lipinski definition) is 4. The van der Waals surface area contributed by atoms with Gasteiger partial charge in [0.2, 0.25) is 5.91 Å². The summed E-state index contributed by atoms with van der Waals surface area (Å²) >= 11 is 0. The van der Waals surface area contributed by atoms with Crippen LogP contribution in [0, 0.1) is 11.3 Å². The van der Waals surface area contributed by atoms with E-state index < -0.39 is 11.9 Å². The van der Waals surface area contributed by atoms with Crippen LogP contribution in [0.1, 0.15) is 37.7 Å². The molecule has 3 heterocycles. The summed E-state index contributed by atoms with van der Waals surface area (Å²) in [5, 5.41) is 9.59. The molecular formula is C19H26N2O4. The van der Waals surface area contributed by atoms with Crippen molar-refractivity contribution in [1.29, 1.82) is 0 Å². The van der Waals surface area contributed by atoms with E-state index in [0.717, 1.165) is 32.1 Å². The summed E-state index contributed by atoms with van der Waals surface area (Å²) in [6.45, 7) is 2.10. The van der Waals surface area contributed by atoms with Crippen molar-refractivity contribution in [3.8, 4) is 0 Å². The third-order valence-electron chi connectivity index (χ3n) is 5.62. The molecule has 25 heavy (non-hydrogen) atoms. The average molecular weight is 346 g/mol. The van der Waals surface area contributed by atoms with E-state index in [2.05, 4.69) is 4.98 Å². The Hall–Kier alpha value is -1.95. The van der Waals surface area contributed by atoms with Crippen molar-refractivity contribution in [2.45, 2.75) is 38.5 Å². The Morgan fingerprint density at radius 1 is 1.32 bits per heavy atom. The zero-order chi connectivity index (χ0) is 17.7. The zero-order valence-electron chi connectivity index (χ0n) is 14.5. The quantitative estimate of drug-likeness (QED) is 0.798. The number of amides is 1. The average Bonchev–Trinajstić information content (AvgIpc) is 2.99. The number of rotatable bonds is 6. The number of pyridine rings is 1. The van der Waals surface area contributed by atoms with Crippen molar-refractivity contribution < 1.29 is 19.4 Å². The van der Waals surface area contributed by atoms with E-state index in [1.807, 2.05) is 18.3 Å². The standard InChI is InChI=1S/C19H26N2O4/c22-17(6-2-1-4-15-5-3-9-20-12-15)21-13-16(18(23)24)19(14-21)7-10-25-11-8-19/h3,5,9,12,16H,1-2,4,6-8,10-11,13-14H2,(H,23,24). The zero-order valence-corrected chi connectivity index (χ0v) is 14.5. The fourth-order valence-electron chi connectivity index (χ4n) is 4.09. The van der Waals surface area contributed by atoms with Crippen LogP contribution in [0.5, 0.6) is 0 Å². The Morgan fingerprint density at radius 2 is 2.12 bits per heavy atom. The number of likely N-dealkylation sites (tertiary alicyclic amines) is 1. The SMILES string of the molecule is O=C(O)C1CN(C(=O)CCCCc2cccnc2)CC12CCOCC2. The van der Waals surface area contributed by atoms with Crippen molar-refractivity contribution in [2.24, 2.45) is 11.3 Å². The van der Waals surface area contributed by atoms with Crippen molar-refractivity contribution in [2.75, 3.05) is 26.3 Å². The van der Waals surface area contributed by atoms with E-state index in [-0.39, 0.29) is 11.3 Å². The number of aryl methyl sites for hydroxylation is 1. The highest BCUT2D eigenvalue weighted by molar-refractivity contribution is 5.79. The Morgan fingerprint density at radius 3 is 2.80 bits per heavy atom. The minimum Gasteiger partial charge on any atom is -0.481 e. The van der Waals surface area contributed by atoms with Crippen LogP contribution in [0.3, 0.4) is 0 Å². The van der Waals surface area contributed by atoms with Crippen LogP contribution >= 0.6 is 0 Å². The summed E-state index contributed by atoms with van der Waals surface area (Å²) in [4.78, 5) is 30.1. The van der Waals surface area contributed by atoms with Gasteiger partial charge in [0.15, 0.2) is 0 Å². The van der Waals surface area contributed by atoms with Gasteiger partial charge in [0, 0.05) is 50.5 Å².